The summed E-state index contributed by atoms with van der Waals surface area (Å²) in [6.45, 7) is 6.34. The van der Waals surface area contributed by atoms with Crippen molar-refractivity contribution in [1.29, 1.82) is 0 Å². The summed E-state index contributed by atoms with van der Waals surface area (Å²) in [6.07, 6.45) is 8.22. The van der Waals surface area contributed by atoms with Gasteiger partial charge in [-0.1, -0.05) is 20.3 Å². The smallest absolute Gasteiger partial charge is 0.158 e. The molecule has 8 heteroatoms. The van der Waals surface area contributed by atoms with Crippen LogP contribution in [0, 0.1) is 6.92 Å². The molecule has 2 aromatic carbocycles. The van der Waals surface area contributed by atoms with E-state index in [2.05, 4.69) is 39.2 Å². The fourth-order valence-corrected chi connectivity index (χ4v) is 4.03. The van der Waals surface area contributed by atoms with E-state index in [0.717, 1.165) is 64.4 Å². The molecule has 178 valence electrons. The zero-order chi connectivity index (χ0) is 24.2. The fourth-order valence-electron chi connectivity index (χ4n) is 4.03. The fraction of sp³-hybridized carbons (Fsp3) is 0.259. The Labute approximate surface area is 204 Å². The summed E-state index contributed by atoms with van der Waals surface area (Å²) in [7, 11) is 0. The monoisotopic (exact) mass is 468 g/mol. The first-order valence-electron chi connectivity index (χ1n) is 11.9. The number of benzene rings is 2. The average molecular weight is 469 g/mol. The number of ether oxygens (including phenoxy) is 2. The number of pyridine rings is 1. The Morgan fingerprint density at radius 2 is 1.86 bits per heavy atom. The number of nitrogens with one attached hydrogen (secondary N) is 1. The Morgan fingerprint density at radius 1 is 0.943 bits per heavy atom. The average Bonchev–Trinajstić information content (AvgIpc) is 3.34. The van der Waals surface area contributed by atoms with Crippen LogP contribution in [0.4, 0.5) is 11.5 Å². The van der Waals surface area contributed by atoms with E-state index < -0.39 is 0 Å². The van der Waals surface area contributed by atoms with E-state index in [-0.39, 0.29) is 6.10 Å². The SMILES string of the molecule is CCC[C@@H](CC)Oc1ccc2ncnc(Nc3ccc(Oc4ccn5ncnc5c4)c(C)c3)c2c1. The molecular formula is C27H28N6O2. The van der Waals surface area contributed by atoms with Crippen molar-refractivity contribution < 1.29 is 9.47 Å². The van der Waals surface area contributed by atoms with Crippen molar-refractivity contribution in [2.24, 2.45) is 0 Å². The first-order chi connectivity index (χ1) is 17.1. The van der Waals surface area contributed by atoms with Gasteiger partial charge in [0.2, 0.25) is 0 Å². The maximum Gasteiger partial charge on any atom is 0.158 e. The molecule has 0 aliphatic heterocycles. The first-order valence-corrected chi connectivity index (χ1v) is 11.9. The Balaban J connectivity index is 1.37. The van der Waals surface area contributed by atoms with Gasteiger partial charge in [0.15, 0.2) is 5.65 Å². The zero-order valence-corrected chi connectivity index (χ0v) is 20.1. The number of hydrogen-bond donors (Lipinski definition) is 1. The summed E-state index contributed by atoms with van der Waals surface area (Å²) >= 11 is 0. The van der Waals surface area contributed by atoms with E-state index in [4.69, 9.17) is 9.47 Å². The van der Waals surface area contributed by atoms with E-state index in [9.17, 15) is 0 Å². The number of nitrogens with zero attached hydrogens (tertiary/aromatic N) is 5. The van der Waals surface area contributed by atoms with Crippen molar-refractivity contribution >= 4 is 28.1 Å². The largest absolute Gasteiger partial charge is 0.490 e. The van der Waals surface area contributed by atoms with Gasteiger partial charge in [0.05, 0.1) is 11.6 Å². The van der Waals surface area contributed by atoms with Crippen LogP contribution in [-0.2, 0) is 0 Å². The Bertz CT molecular complexity index is 1470. The molecule has 0 aliphatic rings. The number of aryl methyl sites for hydroxylation is 1. The molecule has 0 fully saturated rings. The maximum absolute atomic E-state index is 6.22. The number of rotatable bonds is 9. The number of aromatic nitrogens is 5. The van der Waals surface area contributed by atoms with Gasteiger partial charge in [-0.2, -0.15) is 5.10 Å². The normalized spacial score (nSPS) is 12.1. The molecule has 5 aromatic rings. The second kappa shape index (κ2) is 9.97. The summed E-state index contributed by atoms with van der Waals surface area (Å²) in [5.41, 5.74) is 3.49. The second-order valence-corrected chi connectivity index (χ2v) is 8.47. The van der Waals surface area contributed by atoms with Crippen LogP contribution in [0.1, 0.15) is 38.7 Å². The van der Waals surface area contributed by atoms with Crippen molar-refractivity contribution in [3.63, 3.8) is 0 Å². The molecule has 0 amide bonds. The van der Waals surface area contributed by atoms with Gasteiger partial charge >= 0.3 is 0 Å². The topological polar surface area (TPSA) is 86.5 Å². The predicted molar refractivity (Wildman–Crippen MR) is 137 cm³/mol. The van der Waals surface area contributed by atoms with Gasteiger partial charge in [0.1, 0.15) is 35.7 Å². The maximum atomic E-state index is 6.22. The molecule has 35 heavy (non-hydrogen) atoms. The van der Waals surface area contributed by atoms with Crippen molar-refractivity contribution in [3.8, 4) is 17.2 Å². The summed E-state index contributed by atoms with van der Waals surface area (Å²) in [6, 6.07) is 15.6. The molecule has 5 rings (SSSR count). The molecule has 1 N–H and O–H groups in total. The van der Waals surface area contributed by atoms with Crippen LogP contribution < -0.4 is 14.8 Å². The highest BCUT2D eigenvalue weighted by molar-refractivity contribution is 5.91. The van der Waals surface area contributed by atoms with E-state index in [1.807, 2.05) is 61.7 Å². The lowest BCUT2D eigenvalue weighted by Gasteiger charge is -2.17. The molecule has 0 radical (unpaired) electrons. The minimum atomic E-state index is 0.208. The highest BCUT2D eigenvalue weighted by atomic mass is 16.5. The highest BCUT2D eigenvalue weighted by Gasteiger charge is 2.11. The van der Waals surface area contributed by atoms with Crippen LogP contribution in [-0.4, -0.2) is 30.7 Å². The van der Waals surface area contributed by atoms with Crippen LogP contribution in [0.3, 0.4) is 0 Å². The Morgan fingerprint density at radius 3 is 2.69 bits per heavy atom. The van der Waals surface area contributed by atoms with Crippen LogP contribution in [0.15, 0.2) is 67.4 Å². The molecule has 8 nitrogen and oxygen atoms in total. The minimum Gasteiger partial charge on any atom is -0.490 e. The Hall–Kier alpha value is -4.20. The molecule has 3 heterocycles. The number of fused-ring (bicyclic) bond motifs is 2. The van der Waals surface area contributed by atoms with Crippen LogP contribution in [0.25, 0.3) is 16.6 Å². The predicted octanol–water partition coefficient (Wildman–Crippen LogP) is 6.47. The summed E-state index contributed by atoms with van der Waals surface area (Å²) in [5.74, 6) is 3.04. The Kier molecular flexibility index (Phi) is 6.43. The minimum absolute atomic E-state index is 0.208. The van der Waals surface area contributed by atoms with Gasteiger partial charge < -0.3 is 14.8 Å². The molecular weight excluding hydrogens is 440 g/mol. The lowest BCUT2D eigenvalue weighted by molar-refractivity contribution is 0.186. The van der Waals surface area contributed by atoms with Crippen LogP contribution in [0.5, 0.6) is 17.2 Å². The first kappa shape index (κ1) is 22.6. The van der Waals surface area contributed by atoms with E-state index >= 15 is 0 Å². The van der Waals surface area contributed by atoms with Gasteiger partial charge in [-0.3, -0.25) is 0 Å². The molecule has 0 saturated carbocycles. The van der Waals surface area contributed by atoms with Gasteiger partial charge in [0, 0.05) is 23.3 Å². The summed E-state index contributed by atoms with van der Waals surface area (Å²) < 4.78 is 14.0. The van der Waals surface area contributed by atoms with Gasteiger partial charge in [-0.15, -0.1) is 0 Å². The van der Waals surface area contributed by atoms with E-state index in [1.165, 1.54) is 6.33 Å². The number of hydrogen-bond acceptors (Lipinski definition) is 7. The summed E-state index contributed by atoms with van der Waals surface area (Å²) in [4.78, 5) is 13.1. The third-order valence-corrected chi connectivity index (χ3v) is 5.89. The van der Waals surface area contributed by atoms with Gasteiger partial charge in [-0.05, 0) is 67.8 Å². The third kappa shape index (κ3) is 5.01. The highest BCUT2D eigenvalue weighted by Crippen LogP contribution is 2.31. The van der Waals surface area contributed by atoms with Crippen LogP contribution >= 0.6 is 0 Å². The van der Waals surface area contributed by atoms with Crippen molar-refractivity contribution in [3.05, 3.63) is 72.9 Å². The summed E-state index contributed by atoms with van der Waals surface area (Å²) in [5, 5.41) is 8.46. The lowest BCUT2D eigenvalue weighted by atomic mass is 10.1. The van der Waals surface area contributed by atoms with Crippen molar-refractivity contribution in [2.45, 2.75) is 46.1 Å². The molecule has 0 unspecified atom stereocenters. The van der Waals surface area contributed by atoms with Gasteiger partial charge in [0.25, 0.3) is 0 Å². The molecule has 0 saturated heterocycles. The third-order valence-electron chi connectivity index (χ3n) is 5.89. The molecule has 0 bridgehead atoms. The zero-order valence-electron chi connectivity index (χ0n) is 20.1. The van der Waals surface area contributed by atoms with Crippen molar-refractivity contribution in [1.82, 2.24) is 24.6 Å². The van der Waals surface area contributed by atoms with Crippen LogP contribution in [0.2, 0.25) is 0 Å². The van der Waals surface area contributed by atoms with Gasteiger partial charge in [-0.25, -0.2) is 19.5 Å². The van der Waals surface area contributed by atoms with Crippen molar-refractivity contribution in [2.75, 3.05) is 5.32 Å². The second-order valence-electron chi connectivity index (χ2n) is 8.47. The standard InChI is InChI=1S/C27H28N6O2/c1-4-6-20(5-2)34-21-8-9-24-23(14-21)27(30-16-28-24)32-19-7-10-25(18(3)13-19)35-22-11-12-33-26(15-22)29-17-31-33/h7-17,20H,4-6H2,1-3H3,(H,28,30,32)/t20-/m1/s1. The lowest BCUT2D eigenvalue weighted by Crippen LogP contribution is -2.14. The molecule has 0 aliphatic carbocycles. The molecule has 0 spiro atoms. The van der Waals surface area contributed by atoms with E-state index in [0.29, 0.717) is 5.75 Å². The van der Waals surface area contributed by atoms with E-state index in [1.54, 1.807) is 10.8 Å². The molecule has 3 aromatic heterocycles. The quantitative estimate of drug-likeness (QED) is 0.265. The number of anilines is 2. The molecule has 1 atom stereocenters.